The van der Waals surface area contributed by atoms with E-state index in [0.29, 0.717) is 24.1 Å². The van der Waals surface area contributed by atoms with Crippen molar-refractivity contribution in [3.8, 4) is 0 Å². The number of carbonyl (C=O) groups excluding carboxylic acids is 1. The molecule has 2 unspecified atom stereocenters. The molecule has 2 atom stereocenters. The molecule has 0 rings (SSSR count). The molecule has 0 amide bonds. The van der Waals surface area contributed by atoms with Crippen molar-refractivity contribution in [3.05, 3.63) is 60.8 Å². The molecule has 0 aliphatic rings. The van der Waals surface area contributed by atoms with Gasteiger partial charge in [0.2, 0.25) is 0 Å². The molecular formula is C47H86NO7P. The molecule has 0 saturated heterocycles. The quantitative estimate of drug-likeness (QED) is 0.0200. The van der Waals surface area contributed by atoms with E-state index in [1.165, 1.54) is 83.5 Å². The van der Waals surface area contributed by atoms with Crippen LogP contribution in [0.5, 0.6) is 0 Å². The minimum Gasteiger partial charge on any atom is -0.756 e. The highest BCUT2D eigenvalue weighted by molar-refractivity contribution is 7.45. The fraction of sp³-hybridized carbons (Fsp3) is 0.766. The third-order valence-electron chi connectivity index (χ3n) is 9.30. The maximum atomic E-state index is 12.7. The Kier molecular flexibility index (Phi) is 38.7. The van der Waals surface area contributed by atoms with E-state index >= 15 is 0 Å². The highest BCUT2D eigenvalue weighted by Crippen LogP contribution is 2.38. The van der Waals surface area contributed by atoms with Crippen LogP contribution < -0.4 is 4.89 Å². The first-order valence-electron chi connectivity index (χ1n) is 22.5. The Labute approximate surface area is 345 Å². The third-order valence-corrected chi connectivity index (χ3v) is 10.3. The van der Waals surface area contributed by atoms with Crippen molar-refractivity contribution >= 4 is 13.8 Å². The molecule has 0 aromatic heterocycles. The number of unbranched alkanes of at least 4 members (excludes halogenated alkanes) is 17. The molecule has 0 heterocycles. The van der Waals surface area contributed by atoms with Crippen LogP contribution in [0.1, 0.15) is 174 Å². The molecule has 0 bridgehead atoms. The molecule has 8 nitrogen and oxygen atoms in total. The summed E-state index contributed by atoms with van der Waals surface area (Å²) in [6.07, 6.45) is 49.4. The van der Waals surface area contributed by atoms with Crippen LogP contribution in [0.25, 0.3) is 0 Å². The summed E-state index contributed by atoms with van der Waals surface area (Å²) in [4.78, 5) is 25.1. The molecule has 0 fully saturated rings. The average molecular weight is 808 g/mol. The first kappa shape index (κ1) is 54.2. The minimum absolute atomic E-state index is 0.0194. The van der Waals surface area contributed by atoms with Gasteiger partial charge in [-0.3, -0.25) is 9.36 Å². The van der Waals surface area contributed by atoms with E-state index in [9.17, 15) is 14.3 Å². The second-order valence-electron chi connectivity index (χ2n) is 16.0. The fourth-order valence-electron chi connectivity index (χ4n) is 5.82. The van der Waals surface area contributed by atoms with E-state index in [4.69, 9.17) is 18.5 Å². The van der Waals surface area contributed by atoms with Crippen molar-refractivity contribution in [2.45, 2.75) is 180 Å². The molecule has 0 aliphatic carbocycles. The van der Waals surface area contributed by atoms with Crippen molar-refractivity contribution in [2.24, 2.45) is 0 Å². The summed E-state index contributed by atoms with van der Waals surface area (Å²) in [6.45, 7) is 5.25. The van der Waals surface area contributed by atoms with Gasteiger partial charge in [0, 0.05) is 13.0 Å². The number of allylic oxidation sites excluding steroid dienone is 10. The Balaban J connectivity index is 4.27. The summed E-state index contributed by atoms with van der Waals surface area (Å²) in [6, 6.07) is 0. The van der Waals surface area contributed by atoms with Gasteiger partial charge in [-0.2, -0.15) is 0 Å². The number of phosphoric acid groups is 1. The van der Waals surface area contributed by atoms with Crippen LogP contribution in [-0.2, 0) is 27.9 Å². The molecule has 0 aromatic carbocycles. The average Bonchev–Trinajstić information content (AvgIpc) is 3.15. The zero-order chi connectivity index (χ0) is 41.3. The Morgan fingerprint density at radius 1 is 0.571 bits per heavy atom. The zero-order valence-corrected chi connectivity index (χ0v) is 37.7. The minimum atomic E-state index is -4.53. The van der Waals surface area contributed by atoms with E-state index in [1.807, 2.05) is 21.1 Å². The van der Waals surface area contributed by atoms with Crippen LogP contribution in [-0.4, -0.2) is 70.7 Å². The number of phosphoric ester groups is 1. The number of quaternary nitrogens is 1. The number of carbonyl (C=O) groups is 1. The number of ether oxygens (including phenoxy) is 2. The van der Waals surface area contributed by atoms with Gasteiger partial charge >= 0.3 is 5.97 Å². The molecule has 56 heavy (non-hydrogen) atoms. The van der Waals surface area contributed by atoms with E-state index in [1.54, 1.807) is 0 Å². The monoisotopic (exact) mass is 808 g/mol. The van der Waals surface area contributed by atoms with Crippen LogP contribution >= 0.6 is 7.82 Å². The first-order valence-corrected chi connectivity index (χ1v) is 24.0. The van der Waals surface area contributed by atoms with Gasteiger partial charge in [0.15, 0.2) is 0 Å². The van der Waals surface area contributed by atoms with Gasteiger partial charge in [-0.25, -0.2) is 0 Å². The largest absolute Gasteiger partial charge is 0.756 e. The standard InChI is InChI=1S/C47H86NO7P/c1-6-8-10-12-14-16-18-20-22-23-24-25-26-28-30-32-34-36-38-40-47(49)55-46(45-54-56(50,51)53-43-41-48(3,4)5)44-52-42-39-37-35-33-31-29-27-21-19-17-15-13-11-9-7-2/h8,10,14,16,19-22,24-25,46H,6-7,9,11-13,15,17-18,23,26-45H2,1-5H3/b10-8-,16-14-,21-19-,22-20-,25-24-. The maximum Gasteiger partial charge on any atom is 0.306 e. The van der Waals surface area contributed by atoms with Gasteiger partial charge in [-0.05, 0) is 77.0 Å². The SMILES string of the molecule is CC/C=C\C/C=C\C/C=C\C/C=C\CCCCCCCCC(=O)OC(COCCCCCCCC/C=C\CCCCCCC)COP(=O)([O-])OCC[N+](C)(C)C. The van der Waals surface area contributed by atoms with Crippen molar-refractivity contribution in [1.29, 1.82) is 0 Å². The van der Waals surface area contributed by atoms with Crippen LogP contribution in [0.15, 0.2) is 60.8 Å². The summed E-state index contributed by atoms with van der Waals surface area (Å²) < 4.78 is 34.6. The van der Waals surface area contributed by atoms with Crippen molar-refractivity contribution in [1.82, 2.24) is 0 Å². The van der Waals surface area contributed by atoms with Gasteiger partial charge in [0.1, 0.15) is 19.3 Å². The van der Waals surface area contributed by atoms with E-state index in [0.717, 1.165) is 70.6 Å². The van der Waals surface area contributed by atoms with Crippen molar-refractivity contribution in [3.63, 3.8) is 0 Å². The highest BCUT2D eigenvalue weighted by Gasteiger charge is 2.20. The van der Waals surface area contributed by atoms with Crippen LogP contribution in [0.3, 0.4) is 0 Å². The molecule has 326 valence electrons. The summed E-state index contributed by atoms with van der Waals surface area (Å²) in [5.74, 6) is -0.352. The predicted octanol–water partition coefficient (Wildman–Crippen LogP) is 12.7. The predicted molar refractivity (Wildman–Crippen MR) is 236 cm³/mol. The van der Waals surface area contributed by atoms with E-state index in [-0.39, 0.29) is 25.8 Å². The lowest BCUT2D eigenvalue weighted by molar-refractivity contribution is -0.870. The molecule has 0 N–H and O–H groups in total. The topological polar surface area (TPSA) is 94.1 Å². The molecule has 0 aliphatic heterocycles. The molecular weight excluding hydrogens is 721 g/mol. The maximum absolute atomic E-state index is 12.7. The van der Waals surface area contributed by atoms with Gasteiger partial charge in [-0.15, -0.1) is 0 Å². The van der Waals surface area contributed by atoms with Gasteiger partial charge in [0.25, 0.3) is 7.82 Å². The Bertz CT molecular complexity index is 1080. The van der Waals surface area contributed by atoms with E-state index in [2.05, 4.69) is 74.6 Å². The van der Waals surface area contributed by atoms with Gasteiger partial charge in [-0.1, -0.05) is 152 Å². The molecule has 0 spiro atoms. The van der Waals surface area contributed by atoms with Crippen molar-refractivity contribution < 1.29 is 37.3 Å². The molecule has 0 aromatic rings. The molecule has 9 heteroatoms. The number of nitrogens with zero attached hydrogens (tertiary/aromatic N) is 1. The lowest BCUT2D eigenvalue weighted by atomic mass is 10.1. The fourth-order valence-corrected chi connectivity index (χ4v) is 6.55. The summed E-state index contributed by atoms with van der Waals surface area (Å²) in [5, 5.41) is 0. The smallest absolute Gasteiger partial charge is 0.306 e. The number of likely N-dealkylation sites (N-methyl/N-ethyl adjacent to an activating group) is 1. The second-order valence-corrected chi connectivity index (χ2v) is 17.4. The van der Waals surface area contributed by atoms with Gasteiger partial charge < -0.3 is 27.9 Å². The van der Waals surface area contributed by atoms with Crippen LogP contribution in [0.4, 0.5) is 0 Å². The third kappa shape index (κ3) is 43.3. The normalized spacial score (nSPS) is 14.3. The van der Waals surface area contributed by atoms with E-state index < -0.39 is 13.9 Å². The Morgan fingerprint density at radius 3 is 1.57 bits per heavy atom. The zero-order valence-electron chi connectivity index (χ0n) is 36.8. The number of rotatable bonds is 41. The Hall–Kier alpha value is -1.80. The first-order chi connectivity index (χ1) is 27.1. The lowest BCUT2D eigenvalue weighted by Crippen LogP contribution is -2.37. The lowest BCUT2D eigenvalue weighted by Gasteiger charge is -2.28. The molecule has 0 radical (unpaired) electrons. The number of hydrogen-bond donors (Lipinski definition) is 0. The summed E-state index contributed by atoms with van der Waals surface area (Å²) in [5.41, 5.74) is 0. The van der Waals surface area contributed by atoms with Gasteiger partial charge in [0.05, 0.1) is 34.4 Å². The van der Waals surface area contributed by atoms with Crippen LogP contribution in [0, 0.1) is 0 Å². The number of hydrogen-bond acceptors (Lipinski definition) is 7. The highest BCUT2D eigenvalue weighted by atomic mass is 31.2. The summed E-state index contributed by atoms with van der Waals surface area (Å²) in [7, 11) is 1.33. The second kappa shape index (κ2) is 40.0. The molecule has 0 saturated carbocycles. The summed E-state index contributed by atoms with van der Waals surface area (Å²) >= 11 is 0. The Morgan fingerprint density at radius 2 is 1.04 bits per heavy atom. The van der Waals surface area contributed by atoms with Crippen molar-refractivity contribution in [2.75, 3.05) is 54.1 Å². The number of esters is 1. The van der Waals surface area contributed by atoms with Crippen LogP contribution in [0.2, 0.25) is 0 Å².